The molecule has 0 bridgehead atoms. The fraction of sp³-hybridized carbons (Fsp3) is 0.250. The molecule has 0 aromatic heterocycles. The molecule has 1 atom stereocenters. The van der Waals surface area contributed by atoms with Gasteiger partial charge in [-0.3, -0.25) is 14.4 Å². The van der Waals surface area contributed by atoms with Gasteiger partial charge in [0.2, 0.25) is 0 Å². The molecule has 0 saturated carbocycles. The number of nitrogens with one attached hydrogen (secondary N) is 1. The van der Waals surface area contributed by atoms with E-state index in [-0.39, 0.29) is 18.2 Å². The molecule has 3 rings (SSSR count). The van der Waals surface area contributed by atoms with Crippen LogP contribution >= 0.6 is 27.5 Å². The number of carboxylic acid groups (broad SMARTS) is 1. The predicted octanol–water partition coefficient (Wildman–Crippen LogP) is 4.18. The summed E-state index contributed by atoms with van der Waals surface area (Å²) in [6, 6.07) is 11.1. The molecule has 146 valence electrons. The van der Waals surface area contributed by atoms with Crippen molar-refractivity contribution in [2.45, 2.75) is 25.3 Å². The van der Waals surface area contributed by atoms with Gasteiger partial charge in [0.05, 0.1) is 11.3 Å². The number of fused-ring (bicyclic) bond motifs is 1. The van der Waals surface area contributed by atoms with E-state index >= 15 is 0 Å². The van der Waals surface area contributed by atoms with Crippen LogP contribution in [0.1, 0.15) is 41.2 Å². The van der Waals surface area contributed by atoms with E-state index in [4.69, 9.17) is 16.7 Å². The van der Waals surface area contributed by atoms with Crippen LogP contribution in [0.5, 0.6) is 0 Å². The lowest BCUT2D eigenvalue weighted by molar-refractivity contribution is -0.137. The van der Waals surface area contributed by atoms with E-state index < -0.39 is 12.0 Å². The molecule has 1 heterocycles. The lowest BCUT2D eigenvalue weighted by Crippen LogP contribution is -2.40. The number of anilines is 1. The molecule has 28 heavy (non-hydrogen) atoms. The largest absolute Gasteiger partial charge is 0.481 e. The van der Waals surface area contributed by atoms with Crippen molar-refractivity contribution in [3.05, 3.63) is 63.1 Å². The quantitative estimate of drug-likeness (QED) is 0.627. The Morgan fingerprint density at radius 2 is 1.86 bits per heavy atom. The van der Waals surface area contributed by atoms with Crippen LogP contribution in [0.3, 0.4) is 0 Å². The number of nitrogens with zero attached hydrogens (tertiary/aromatic N) is 1. The number of halogens is 2. The van der Waals surface area contributed by atoms with Crippen molar-refractivity contribution in [1.82, 2.24) is 5.32 Å². The first-order chi connectivity index (χ1) is 13.4. The summed E-state index contributed by atoms with van der Waals surface area (Å²) >= 11 is 9.30. The third-order valence-electron chi connectivity index (χ3n) is 4.51. The van der Waals surface area contributed by atoms with Gasteiger partial charge in [0.25, 0.3) is 11.8 Å². The molecule has 2 aromatic carbocycles. The molecule has 0 fully saturated rings. The number of unbranched alkanes of at least 4 members (excludes halogenated alkanes) is 1. The van der Waals surface area contributed by atoms with Gasteiger partial charge in [0, 0.05) is 22.5 Å². The molecule has 2 N–H and O–H groups in total. The van der Waals surface area contributed by atoms with Crippen LogP contribution in [0, 0.1) is 0 Å². The zero-order valence-electron chi connectivity index (χ0n) is 14.8. The van der Waals surface area contributed by atoms with E-state index in [9.17, 15) is 14.4 Å². The van der Waals surface area contributed by atoms with Crippen LogP contribution in [0.2, 0.25) is 5.02 Å². The maximum atomic E-state index is 13.3. The molecule has 2 amide bonds. The summed E-state index contributed by atoms with van der Waals surface area (Å²) in [5, 5.41) is 12.2. The number of rotatable bonds is 6. The smallest absolute Gasteiger partial charge is 0.303 e. The minimum Gasteiger partial charge on any atom is -0.481 e. The lowest BCUT2D eigenvalue weighted by Gasteiger charge is -2.25. The minimum absolute atomic E-state index is 0.0347. The average Bonchev–Trinajstić information content (AvgIpc) is 2.75. The van der Waals surface area contributed by atoms with Crippen molar-refractivity contribution in [3.63, 3.8) is 0 Å². The summed E-state index contributed by atoms with van der Waals surface area (Å²) in [6.07, 6.45) is 0.986. The third kappa shape index (κ3) is 4.54. The van der Waals surface area contributed by atoms with Crippen LogP contribution in [0.4, 0.5) is 5.69 Å². The number of hydrogen-bond donors (Lipinski definition) is 2. The van der Waals surface area contributed by atoms with Crippen LogP contribution in [0.25, 0.3) is 0 Å². The van der Waals surface area contributed by atoms with Crippen molar-refractivity contribution in [2.24, 2.45) is 0 Å². The first kappa shape index (κ1) is 20.4. The highest BCUT2D eigenvalue weighted by Crippen LogP contribution is 2.31. The number of carboxylic acids is 1. The second kappa shape index (κ2) is 8.75. The van der Waals surface area contributed by atoms with E-state index in [1.165, 1.54) is 0 Å². The van der Waals surface area contributed by atoms with Gasteiger partial charge in [-0.15, -0.1) is 0 Å². The Balaban J connectivity index is 1.95. The molecule has 1 aliphatic rings. The van der Waals surface area contributed by atoms with Gasteiger partial charge in [-0.1, -0.05) is 39.7 Å². The number of amides is 2. The SMILES string of the molecule is O=C(O)CCCCN1C(=O)C(c2ccc(Cl)cc2)NC(=O)c2cc(Br)ccc21. The summed E-state index contributed by atoms with van der Waals surface area (Å²) in [4.78, 5) is 38.4. The second-order valence-corrected chi connectivity index (χ2v) is 7.81. The number of carbonyl (C=O) groups excluding carboxylic acids is 2. The molecule has 6 nitrogen and oxygen atoms in total. The molecule has 1 unspecified atom stereocenters. The number of carbonyl (C=O) groups is 3. The topological polar surface area (TPSA) is 86.7 Å². The van der Waals surface area contributed by atoms with Crippen molar-refractivity contribution in [3.8, 4) is 0 Å². The van der Waals surface area contributed by atoms with Crippen LogP contribution < -0.4 is 10.2 Å². The summed E-state index contributed by atoms with van der Waals surface area (Å²) < 4.78 is 0.726. The van der Waals surface area contributed by atoms with E-state index in [2.05, 4.69) is 21.2 Å². The van der Waals surface area contributed by atoms with Crippen LogP contribution in [-0.4, -0.2) is 29.4 Å². The molecule has 0 aliphatic carbocycles. The predicted molar refractivity (Wildman–Crippen MR) is 110 cm³/mol. The average molecular weight is 466 g/mol. The van der Waals surface area contributed by atoms with Gasteiger partial charge in [-0.05, 0) is 48.7 Å². The highest BCUT2D eigenvalue weighted by atomic mass is 79.9. The first-order valence-electron chi connectivity index (χ1n) is 8.76. The monoisotopic (exact) mass is 464 g/mol. The molecule has 0 saturated heterocycles. The molecular weight excluding hydrogens is 448 g/mol. The van der Waals surface area contributed by atoms with Gasteiger partial charge in [-0.25, -0.2) is 0 Å². The maximum Gasteiger partial charge on any atom is 0.303 e. The molecular formula is C20H18BrClN2O4. The fourth-order valence-electron chi connectivity index (χ4n) is 3.13. The molecule has 0 spiro atoms. The van der Waals surface area contributed by atoms with Gasteiger partial charge in [-0.2, -0.15) is 0 Å². The normalized spacial score (nSPS) is 16.4. The summed E-state index contributed by atoms with van der Waals surface area (Å²) in [6.45, 7) is 0.319. The number of hydrogen-bond acceptors (Lipinski definition) is 3. The van der Waals surface area contributed by atoms with E-state index in [0.717, 1.165) is 4.47 Å². The first-order valence-corrected chi connectivity index (χ1v) is 9.93. The highest BCUT2D eigenvalue weighted by Gasteiger charge is 2.34. The van der Waals surface area contributed by atoms with Crippen molar-refractivity contribution in [2.75, 3.05) is 11.4 Å². The minimum atomic E-state index is -0.873. The zero-order valence-corrected chi connectivity index (χ0v) is 17.2. The summed E-state index contributed by atoms with van der Waals surface area (Å²) in [5.74, 6) is -1.49. The van der Waals surface area contributed by atoms with Crippen LogP contribution in [0.15, 0.2) is 46.9 Å². The van der Waals surface area contributed by atoms with Gasteiger partial charge in [0.1, 0.15) is 6.04 Å². The highest BCUT2D eigenvalue weighted by molar-refractivity contribution is 9.10. The summed E-state index contributed by atoms with van der Waals surface area (Å²) in [7, 11) is 0. The molecule has 1 aliphatic heterocycles. The van der Waals surface area contributed by atoms with Crippen molar-refractivity contribution in [1.29, 1.82) is 0 Å². The van der Waals surface area contributed by atoms with Crippen LogP contribution in [-0.2, 0) is 9.59 Å². The fourth-order valence-corrected chi connectivity index (χ4v) is 3.62. The van der Waals surface area contributed by atoms with E-state index in [0.29, 0.717) is 41.2 Å². The van der Waals surface area contributed by atoms with Gasteiger partial charge < -0.3 is 15.3 Å². The van der Waals surface area contributed by atoms with E-state index in [1.54, 1.807) is 47.4 Å². The van der Waals surface area contributed by atoms with E-state index in [1.807, 2.05) is 0 Å². The Hall–Kier alpha value is -2.38. The zero-order chi connectivity index (χ0) is 20.3. The standard InChI is InChI=1S/C20H18BrClN2O4/c21-13-6-9-16-15(11-13)19(27)23-18(12-4-7-14(22)8-5-12)20(28)24(16)10-2-1-3-17(25)26/h4-9,11,18H,1-3,10H2,(H,23,27)(H,25,26). The Labute approximate surface area is 175 Å². The van der Waals surface area contributed by atoms with Crippen molar-refractivity contribution < 1.29 is 19.5 Å². The number of benzene rings is 2. The number of aliphatic carboxylic acids is 1. The Morgan fingerprint density at radius 3 is 2.54 bits per heavy atom. The van der Waals surface area contributed by atoms with Crippen molar-refractivity contribution >= 4 is 51.0 Å². The second-order valence-electron chi connectivity index (χ2n) is 6.46. The molecule has 2 aromatic rings. The molecule has 0 radical (unpaired) electrons. The molecule has 8 heteroatoms. The van der Waals surface area contributed by atoms with Gasteiger partial charge >= 0.3 is 5.97 Å². The lowest BCUT2D eigenvalue weighted by atomic mass is 10.1. The summed E-state index contributed by atoms with van der Waals surface area (Å²) in [5.41, 5.74) is 1.53. The third-order valence-corrected chi connectivity index (χ3v) is 5.25. The van der Waals surface area contributed by atoms with Gasteiger partial charge in [0.15, 0.2) is 0 Å². The maximum absolute atomic E-state index is 13.3. The Bertz CT molecular complexity index is 917. The Morgan fingerprint density at radius 1 is 1.14 bits per heavy atom. The Kier molecular flexibility index (Phi) is 6.36.